The summed E-state index contributed by atoms with van der Waals surface area (Å²) >= 11 is 1.63. The van der Waals surface area contributed by atoms with Crippen LogP contribution in [0.5, 0.6) is 0 Å². The molecular formula is C32H43N7O2S. The Morgan fingerprint density at radius 2 is 1.86 bits per heavy atom. The number of anilines is 2. The van der Waals surface area contributed by atoms with Gasteiger partial charge in [0.1, 0.15) is 22.5 Å². The summed E-state index contributed by atoms with van der Waals surface area (Å²) < 4.78 is 11.9. The van der Waals surface area contributed by atoms with Gasteiger partial charge in [-0.1, -0.05) is 6.07 Å². The van der Waals surface area contributed by atoms with E-state index in [-0.39, 0.29) is 11.2 Å². The highest BCUT2D eigenvalue weighted by molar-refractivity contribution is 7.98. The van der Waals surface area contributed by atoms with Crippen LogP contribution in [0.15, 0.2) is 29.6 Å². The fourth-order valence-electron chi connectivity index (χ4n) is 9.02. The first-order valence-corrected chi connectivity index (χ1v) is 17.0. The summed E-state index contributed by atoms with van der Waals surface area (Å²) in [4.78, 5) is 13.6. The number of nitrogens with zero attached hydrogens (tertiary/aromatic N) is 4. The van der Waals surface area contributed by atoms with Gasteiger partial charge in [0, 0.05) is 43.7 Å². The number of ether oxygens (including phenoxy) is 2. The van der Waals surface area contributed by atoms with Crippen LogP contribution in [0, 0.1) is 40.4 Å². The lowest BCUT2D eigenvalue weighted by atomic mass is 9.48. The van der Waals surface area contributed by atoms with Crippen LogP contribution >= 0.6 is 11.8 Å². The smallest absolute Gasteiger partial charge is 0.224 e. The largest absolute Gasteiger partial charge is 0.368 e. The molecule has 224 valence electrons. The minimum absolute atomic E-state index is 0.262. The number of hydrogen-bond donors (Lipinski definition) is 3. The normalized spacial score (nSPS) is 31.3. The highest BCUT2D eigenvalue weighted by Gasteiger charge is 2.55. The molecule has 3 heterocycles. The predicted octanol–water partition coefficient (Wildman–Crippen LogP) is 5.21. The van der Waals surface area contributed by atoms with E-state index in [0.29, 0.717) is 29.9 Å². The first-order valence-electron chi connectivity index (χ1n) is 15.8. The number of aromatic nitrogens is 3. The summed E-state index contributed by atoms with van der Waals surface area (Å²) in [6.07, 6.45) is 16.5. The highest BCUT2D eigenvalue weighted by Crippen LogP contribution is 2.60. The zero-order valence-electron chi connectivity index (χ0n) is 24.6. The maximum atomic E-state index is 9.78. The molecule has 1 spiro atoms. The van der Waals surface area contributed by atoms with Crippen LogP contribution in [0.4, 0.5) is 11.8 Å². The zero-order chi connectivity index (χ0) is 28.6. The molecule has 10 heteroatoms. The fraction of sp³-hybridized carbons (Fsp3) is 0.688. The third-order valence-corrected chi connectivity index (χ3v) is 11.5. The van der Waals surface area contributed by atoms with Crippen molar-refractivity contribution >= 4 is 23.5 Å². The number of nitriles is 1. The molecule has 0 aromatic carbocycles. The number of nitrogens with one attached hydrogen (secondary N) is 3. The Morgan fingerprint density at radius 1 is 1.07 bits per heavy atom. The van der Waals surface area contributed by atoms with Crippen LogP contribution in [0.25, 0.3) is 0 Å². The zero-order valence-corrected chi connectivity index (χ0v) is 25.4. The van der Waals surface area contributed by atoms with Crippen LogP contribution in [0.3, 0.4) is 0 Å². The molecule has 5 saturated carbocycles. The molecule has 3 N–H and O–H groups in total. The number of thioether (sulfide) groups is 1. The minimum Gasteiger partial charge on any atom is -0.368 e. The molecule has 1 aliphatic heterocycles. The van der Waals surface area contributed by atoms with Crippen molar-refractivity contribution in [2.24, 2.45) is 29.1 Å². The Hall–Kier alpha value is -2.45. The molecule has 2 aromatic rings. The second-order valence-electron chi connectivity index (χ2n) is 13.4. The van der Waals surface area contributed by atoms with E-state index in [1.54, 1.807) is 18.0 Å². The van der Waals surface area contributed by atoms with Crippen LogP contribution in [-0.2, 0) is 16.0 Å². The maximum absolute atomic E-state index is 9.78. The molecule has 8 rings (SSSR count). The Balaban J connectivity index is 0.956. The van der Waals surface area contributed by atoms with E-state index in [1.165, 1.54) is 44.9 Å². The highest BCUT2D eigenvalue weighted by atomic mass is 32.2. The summed E-state index contributed by atoms with van der Waals surface area (Å²) in [6, 6.07) is 6.95. The van der Waals surface area contributed by atoms with E-state index in [1.807, 2.05) is 18.5 Å². The van der Waals surface area contributed by atoms with Gasteiger partial charge in [-0.05, 0) is 92.9 Å². The first kappa shape index (κ1) is 28.3. The topological polar surface area (TPSA) is 117 Å². The van der Waals surface area contributed by atoms with E-state index in [9.17, 15) is 5.26 Å². The molecular weight excluding hydrogens is 546 g/mol. The lowest BCUT2D eigenvalue weighted by molar-refractivity contribution is -0.182. The molecule has 0 radical (unpaired) electrons. The molecule has 6 fully saturated rings. The average Bonchev–Trinajstić information content (AvgIpc) is 3.47. The van der Waals surface area contributed by atoms with Crippen LogP contribution < -0.4 is 16.0 Å². The van der Waals surface area contributed by atoms with E-state index in [4.69, 9.17) is 14.5 Å². The van der Waals surface area contributed by atoms with Crippen molar-refractivity contribution in [1.29, 1.82) is 5.26 Å². The molecule has 0 amide bonds. The second kappa shape index (κ2) is 11.9. The SMILES string of the molecule is CSc1ncccc1CNc1ncc(C#N)c(NCC23CC4C[C@H](C2)C(NCC2CCC5(CC2)OCCO5)[C@@H](C4)C3)n1. The van der Waals surface area contributed by atoms with Gasteiger partial charge in [0.25, 0.3) is 0 Å². The van der Waals surface area contributed by atoms with Crippen molar-refractivity contribution in [3.63, 3.8) is 0 Å². The monoisotopic (exact) mass is 589 g/mol. The second-order valence-corrected chi connectivity index (χ2v) is 14.2. The van der Waals surface area contributed by atoms with Gasteiger partial charge in [-0.2, -0.15) is 10.2 Å². The lowest BCUT2D eigenvalue weighted by Crippen LogP contribution is -2.60. The standard InChI is InChI=1S/C32H43N7O2S/c1-42-29-23(3-2-8-34-29)18-36-30-37-19-26(16-33)28(39-30)38-20-31-13-22-11-24(14-31)27(25(12-22)15-31)35-17-21-4-6-32(7-5-21)40-9-10-41-32/h2-3,8,19,21-22,24-25,27,35H,4-7,9-15,17-18,20H2,1H3,(H2,36,37,38,39)/t22?,24-,25+,27?,31?. The van der Waals surface area contributed by atoms with Crippen LogP contribution in [-0.4, -0.2) is 59.3 Å². The van der Waals surface area contributed by atoms with Crippen molar-refractivity contribution in [2.45, 2.75) is 81.2 Å². The summed E-state index contributed by atoms with van der Waals surface area (Å²) in [5.41, 5.74) is 1.89. The summed E-state index contributed by atoms with van der Waals surface area (Å²) in [5, 5.41) is 21.8. The van der Waals surface area contributed by atoms with Gasteiger partial charge in [0.05, 0.1) is 19.4 Å². The van der Waals surface area contributed by atoms with E-state index in [2.05, 4.69) is 38.1 Å². The summed E-state index contributed by atoms with van der Waals surface area (Å²) in [7, 11) is 0. The van der Waals surface area contributed by atoms with E-state index >= 15 is 0 Å². The number of rotatable bonds is 10. The molecule has 9 nitrogen and oxygen atoms in total. The Kier molecular flexibility index (Phi) is 8.03. The molecule has 3 unspecified atom stereocenters. The van der Waals surface area contributed by atoms with Gasteiger partial charge in [0.2, 0.25) is 5.95 Å². The average molecular weight is 590 g/mol. The van der Waals surface area contributed by atoms with E-state index < -0.39 is 0 Å². The quantitative estimate of drug-likeness (QED) is 0.319. The Labute approximate surface area is 253 Å². The third-order valence-electron chi connectivity index (χ3n) is 10.7. The van der Waals surface area contributed by atoms with E-state index in [0.717, 1.165) is 73.4 Å². The lowest BCUT2D eigenvalue weighted by Gasteiger charge is -2.60. The Morgan fingerprint density at radius 3 is 2.60 bits per heavy atom. The van der Waals surface area contributed by atoms with Gasteiger partial charge in [-0.25, -0.2) is 9.97 Å². The minimum atomic E-state index is -0.262. The van der Waals surface area contributed by atoms with Gasteiger partial charge in [0.15, 0.2) is 5.79 Å². The molecule has 4 bridgehead atoms. The third kappa shape index (κ3) is 5.73. The molecule has 42 heavy (non-hydrogen) atoms. The first-order chi connectivity index (χ1) is 20.6. The maximum Gasteiger partial charge on any atom is 0.224 e. The molecule has 1 saturated heterocycles. The molecule has 5 aliphatic carbocycles. The van der Waals surface area contributed by atoms with Crippen molar-refractivity contribution in [3.05, 3.63) is 35.7 Å². The van der Waals surface area contributed by atoms with Crippen molar-refractivity contribution in [1.82, 2.24) is 20.3 Å². The predicted molar refractivity (Wildman–Crippen MR) is 163 cm³/mol. The summed E-state index contributed by atoms with van der Waals surface area (Å²) in [6.45, 7) is 4.10. The van der Waals surface area contributed by atoms with Crippen molar-refractivity contribution < 1.29 is 9.47 Å². The van der Waals surface area contributed by atoms with Gasteiger partial charge >= 0.3 is 0 Å². The molecule has 6 aliphatic rings. The molecule has 2 aromatic heterocycles. The van der Waals surface area contributed by atoms with Gasteiger partial charge in [-0.15, -0.1) is 11.8 Å². The Bertz CT molecular complexity index is 1290. The van der Waals surface area contributed by atoms with Crippen molar-refractivity contribution in [2.75, 3.05) is 43.2 Å². The van der Waals surface area contributed by atoms with Gasteiger partial charge in [-0.3, -0.25) is 0 Å². The summed E-state index contributed by atoms with van der Waals surface area (Å²) in [5.74, 6) is 3.96. The van der Waals surface area contributed by atoms with Crippen LogP contribution in [0.2, 0.25) is 0 Å². The van der Waals surface area contributed by atoms with Crippen molar-refractivity contribution in [3.8, 4) is 6.07 Å². The van der Waals surface area contributed by atoms with Gasteiger partial charge < -0.3 is 25.4 Å². The number of hydrogen-bond acceptors (Lipinski definition) is 10. The van der Waals surface area contributed by atoms with Crippen LogP contribution in [0.1, 0.15) is 68.9 Å². The number of pyridine rings is 1. The molecule has 5 atom stereocenters. The fourth-order valence-corrected chi connectivity index (χ4v) is 9.59.